The van der Waals surface area contributed by atoms with Gasteiger partial charge in [0.05, 0.1) is 0 Å². The van der Waals surface area contributed by atoms with Crippen molar-refractivity contribution in [3.63, 3.8) is 0 Å². The van der Waals surface area contributed by atoms with Gasteiger partial charge in [0.2, 0.25) is 0 Å². The van der Waals surface area contributed by atoms with Crippen LogP contribution in [0.15, 0.2) is 30.3 Å². The smallest absolute Gasteiger partial charge is 0.0236 e. The largest absolute Gasteiger partial charge is 0.0743 e. The van der Waals surface area contributed by atoms with Gasteiger partial charge in [0.25, 0.3) is 0 Å². The third kappa shape index (κ3) is 6.22. The molecule has 0 amide bonds. The molecule has 1 aromatic rings. The minimum Gasteiger partial charge on any atom is -0.0743 e. The van der Waals surface area contributed by atoms with Gasteiger partial charge in [0, 0.05) is 0 Å². The minimum absolute atomic E-state index is 0.0319. The highest BCUT2D eigenvalue weighted by atomic mass is 31.1. The first kappa shape index (κ1) is 14.7. The Labute approximate surface area is 109 Å². The predicted molar refractivity (Wildman–Crippen MR) is 81.6 cm³/mol. The van der Waals surface area contributed by atoms with E-state index in [0.29, 0.717) is 10.8 Å². The maximum absolute atomic E-state index is 2.36. The number of benzene rings is 1. The van der Waals surface area contributed by atoms with E-state index < -0.39 is 0 Å². The first-order valence-electron chi connectivity index (χ1n) is 6.47. The summed E-state index contributed by atoms with van der Waals surface area (Å²) >= 11 is 0. The molecule has 0 aliphatic rings. The fourth-order valence-corrected chi connectivity index (χ4v) is 5.38. The van der Waals surface area contributed by atoms with Crippen molar-refractivity contribution in [2.24, 2.45) is 10.8 Å². The quantitative estimate of drug-likeness (QED) is 0.670. The summed E-state index contributed by atoms with van der Waals surface area (Å²) in [6.45, 7) is 14.1. The van der Waals surface area contributed by atoms with E-state index in [4.69, 9.17) is 0 Å². The molecule has 0 saturated heterocycles. The van der Waals surface area contributed by atoms with Gasteiger partial charge in [-0.25, -0.2) is 0 Å². The molecule has 0 nitrogen and oxygen atoms in total. The van der Waals surface area contributed by atoms with Crippen LogP contribution in [0.5, 0.6) is 0 Å². The van der Waals surface area contributed by atoms with E-state index >= 15 is 0 Å². The number of hydrogen-bond donors (Lipinski definition) is 0. The number of rotatable bonds is 3. The van der Waals surface area contributed by atoms with Gasteiger partial charge in [-0.2, -0.15) is 0 Å². The predicted octanol–water partition coefficient (Wildman–Crippen LogP) is 4.89. The molecule has 0 spiro atoms. The molecule has 0 N–H and O–H groups in total. The average molecular weight is 250 g/mol. The first-order chi connectivity index (χ1) is 7.67. The second-order valence-corrected chi connectivity index (χ2v) is 9.54. The normalized spacial score (nSPS) is 13.1. The van der Waals surface area contributed by atoms with Gasteiger partial charge in [0.1, 0.15) is 0 Å². The monoisotopic (exact) mass is 250 g/mol. The zero-order valence-corrected chi connectivity index (χ0v) is 13.1. The van der Waals surface area contributed by atoms with Gasteiger partial charge >= 0.3 is 0 Å². The molecule has 0 saturated carbocycles. The van der Waals surface area contributed by atoms with Crippen molar-refractivity contribution in [2.45, 2.75) is 41.5 Å². The highest BCUT2D eigenvalue weighted by Gasteiger charge is 2.24. The van der Waals surface area contributed by atoms with E-state index in [-0.39, 0.29) is 7.92 Å². The molecule has 0 aliphatic carbocycles. The van der Waals surface area contributed by atoms with Crippen LogP contribution in [0.1, 0.15) is 41.5 Å². The third-order valence-corrected chi connectivity index (χ3v) is 6.14. The fraction of sp³-hybridized carbons (Fsp3) is 0.625. The van der Waals surface area contributed by atoms with E-state index in [2.05, 4.69) is 71.9 Å². The Hall–Kier alpha value is -0.350. The van der Waals surface area contributed by atoms with E-state index in [9.17, 15) is 0 Å². The van der Waals surface area contributed by atoms with Crippen LogP contribution in [0.25, 0.3) is 0 Å². The highest BCUT2D eigenvalue weighted by molar-refractivity contribution is 7.65. The fourth-order valence-electron chi connectivity index (χ4n) is 2.02. The van der Waals surface area contributed by atoms with E-state index in [1.165, 1.54) is 12.3 Å². The highest BCUT2D eigenvalue weighted by Crippen LogP contribution is 2.45. The van der Waals surface area contributed by atoms with Crippen molar-refractivity contribution in [3.8, 4) is 0 Å². The van der Waals surface area contributed by atoms with Gasteiger partial charge in [-0.3, -0.25) is 0 Å². The van der Waals surface area contributed by atoms with Crippen LogP contribution in [-0.4, -0.2) is 12.3 Å². The van der Waals surface area contributed by atoms with E-state index in [1.807, 2.05) is 0 Å². The molecule has 0 aromatic heterocycles. The lowest BCUT2D eigenvalue weighted by Crippen LogP contribution is -2.22. The van der Waals surface area contributed by atoms with Crippen LogP contribution in [-0.2, 0) is 0 Å². The summed E-state index contributed by atoms with van der Waals surface area (Å²) < 4.78 is 0. The van der Waals surface area contributed by atoms with Crippen LogP contribution in [0.4, 0.5) is 0 Å². The summed E-state index contributed by atoms with van der Waals surface area (Å²) in [5.41, 5.74) is 0.847. The lowest BCUT2D eigenvalue weighted by Gasteiger charge is -2.31. The zero-order chi connectivity index (χ0) is 13.1. The Morgan fingerprint density at radius 1 is 0.765 bits per heavy atom. The van der Waals surface area contributed by atoms with Crippen molar-refractivity contribution in [1.29, 1.82) is 0 Å². The molecular formula is C16H27P. The first-order valence-corrected chi connectivity index (χ1v) is 8.19. The maximum atomic E-state index is 2.36. The zero-order valence-electron chi connectivity index (χ0n) is 12.2. The third-order valence-electron chi connectivity index (χ3n) is 2.45. The lowest BCUT2D eigenvalue weighted by atomic mass is 10.0. The molecule has 0 unspecified atom stereocenters. The Bertz CT molecular complexity index is 311. The van der Waals surface area contributed by atoms with E-state index in [1.54, 1.807) is 5.30 Å². The van der Waals surface area contributed by atoms with Crippen LogP contribution >= 0.6 is 7.92 Å². The Morgan fingerprint density at radius 3 is 1.53 bits per heavy atom. The summed E-state index contributed by atoms with van der Waals surface area (Å²) in [6, 6.07) is 11.1. The molecule has 0 radical (unpaired) electrons. The van der Waals surface area contributed by atoms with Crippen molar-refractivity contribution in [1.82, 2.24) is 0 Å². The van der Waals surface area contributed by atoms with Gasteiger partial charge in [-0.05, 0) is 28.5 Å². The molecule has 96 valence electrons. The van der Waals surface area contributed by atoms with Gasteiger partial charge in [0.15, 0.2) is 0 Å². The summed E-state index contributed by atoms with van der Waals surface area (Å²) in [4.78, 5) is 0. The van der Waals surface area contributed by atoms with Gasteiger partial charge in [-0.15, -0.1) is 0 Å². The molecule has 0 atom stereocenters. The topological polar surface area (TPSA) is 0 Å². The van der Waals surface area contributed by atoms with Crippen LogP contribution in [0.2, 0.25) is 0 Å². The van der Waals surface area contributed by atoms with Crippen LogP contribution in [0.3, 0.4) is 0 Å². The van der Waals surface area contributed by atoms with E-state index in [0.717, 1.165) is 0 Å². The lowest BCUT2D eigenvalue weighted by molar-refractivity contribution is 0.460. The molecule has 0 fully saturated rings. The molecule has 1 rings (SSSR count). The summed E-state index contributed by atoms with van der Waals surface area (Å²) in [7, 11) is -0.0319. The second kappa shape index (κ2) is 5.53. The molecule has 1 heteroatoms. The van der Waals surface area contributed by atoms with Gasteiger partial charge < -0.3 is 0 Å². The molecule has 17 heavy (non-hydrogen) atoms. The van der Waals surface area contributed by atoms with Crippen molar-refractivity contribution in [3.05, 3.63) is 30.3 Å². The Morgan fingerprint density at radius 2 is 1.18 bits per heavy atom. The van der Waals surface area contributed by atoms with Crippen molar-refractivity contribution < 1.29 is 0 Å². The molecule has 1 aromatic carbocycles. The molecule has 0 heterocycles. The molecule has 0 aliphatic heterocycles. The van der Waals surface area contributed by atoms with Crippen molar-refractivity contribution in [2.75, 3.05) is 12.3 Å². The molecular weight excluding hydrogens is 223 g/mol. The van der Waals surface area contributed by atoms with Gasteiger partial charge in [-0.1, -0.05) is 79.8 Å². The summed E-state index contributed by atoms with van der Waals surface area (Å²) in [6.07, 6.45) is 2.65. The molecule has 0 bridgehead atoms. The summed E-state index contributed by atoms with van der Waals surface area (Å²) in [5, 5.41) is 1.56. The summed E-state index contributed by atoms with van der Waals surface area (Å²) in [5.74, 6) is 0. The second-order valence-electron chi connectivity index (χ2n) is 7.31. The van der Waals surface area contributed by atoms with Crippen molar-refractivity contribution >= 4 is 13.2 Å². The minimum atomic E-state index is -0.0319. The van der Waals surface area contributed by atoms with Crippen LogP contribution < -0.4 is 5.30 Å². The maximum Gasteiger partial charge on any atom is -0.0236 e. The van der Waals surface area contributed by atoms with Crippen LogP contribution in [0, 0.1) is 10.8 Å². The Kier molecular flexibility index (Phi) is 4.78. The Balaban J connectivity index is 2.87. The number of hydrogen-bond acceptors (Lipinski definition) is 0. The standard InChI is InChI=1S/C16H27P/c1-15(2,3)12-17(13-16(4,5)6)14-10-8-7-9-11-14/h7-11H,12-13H2,1-6H3. The SMILES string of the molecule is CC(C)(C)CP(CC(C)(C)C)c1ccccc1. The average Bonchev–Trinajstić information content (AvgIpc) is 2.14.